The number of methoxy groups -OCH3 is 1. The molecule has 0 aliphatic carbocycles. The van der Waals surface area contributed by atoms with E-state index in [0.29, 0.717) is 12.3 Å². The van der Waals surface area contributed by atoms with Gasteiger partial charge < -0.3 is 14.8 Å². The number of nitrogens with zero attached hydrogens (tertiary/aromatic N) is 2. The molecule has 1 heterocycles. The third kappa shape index (κ3) is 18.4. The highest BCUT2D eigenvalue weighted by Gasteiger charge is 2.18. The largest absolute Gasteiger partial charge is 0.498 e. The van der Waals surface area contributed by atoms with Gasteiger partial charge in [0.15, 0.2) is 0 Å². The summed E-state index contributed by atoms with van der Waals surface area (Å²) in [5, 5.41) is 2.48. The zero-order chi connectivity index (χ0) is 25.5. The number of ether oxygens (including phenoxy) is 2. The molecule has 1 saturated heterocycles. The molecular weight excluding hydrogens is 418 g/mol. The Labute approximate surface area is 201 Å². The predicted octanol–water partition coefficient (Wildman–Crippen LogP) is 4.47. The fraction of sp³-hybridized carbons (Fsp3) is 0.577. The van der Waals surface area contributed by atoms with Crippen molar-refractivity contribution in [2.45, 2.75) is 60.3 Å². The highest BCUT2D eigenvalue weighted by atomic mass is 16.5. The van der Waals surface area contributed by atoms with Gasteiger partial charge >= 0.3 is 5.97 Å². The van der Waals surface area contributed by atoms with Gasteiger partial charge in [0.05, 0.1) is 19.5 Å². The van der Waals surface area contributed by atoms with Crippen LogP contribution in [0, 0.1) is 18.8 Å². The van der Waals surface area contributed by atoms with Gasteiger partial charge in [0.2, 0.25) is 6.41 Å². The van der Waals surface area contributed by atoms with E-state index in [1.54, 1.807) is 12.4 Å². The number of likely N-dealkylation sites (tertiary alicyclic amines) is 1. The van der Waals surface area contributed by atoms with Crippen molar-refractivity contribution in [1.82, 2.24) is 10.2 Å². The standard InChI is InChI=1S/C21H35N3O2.C3H6O2.C2H2/c1-5-8-18(3)19(4)26-16-20-9-7-13-24(14-10-20)15-21(6-2)23-12-11-22-17-25;1-3(4)5-2;1-2/h5,8,11-12,17,20H,6-7,9-10,13-16H2,1-4H3,(H,22,25);1-2H3;1-2H/b8-5-,12-11-,19-18+,23-21?;;. The van der Waals surface area contributed by atoms with Gasteiger partial charge in [0.1, 0.15) is 0 Å². The average molecular weight is 462 g/mol. The van der Waals surface area contributed by atoms with Crippen molar-refractivity contribution >= 4 is 18.1 Å². The summed E-state index contributed by atoms with van der Waals surface area (Å²) >= 11 is 0. The Morgan fingerprint density at radius 3 is 2.42 bits per heavy atom. The SMILES string of the molecule is C#C.C/C=C\C(C)=C(/C)OCC1CCCN(CC(CC)=N/C=C\NC=O)CC1.COC(C)=O. The lowest BCUT2D eigenvalue weighted by Crippen LogP contribution is -2.30. The maximum Gasteiger partial charge on any atom is 0.302 e. The Morgan fingerprint density at radius 2 is 1.88 bits per heavy atom. The van der Waals surface area contributed by atoms with Gasteiger partial charge in [-0.3, -0.25) is 19.5 Å². The lowest BCUT2D eigenvalue weighted by Gasteiger charge is -2.21. The van der Waals surface area contributed by atoms with Gasteiger partial charge in [0, 0.05) is 31.6 Å². The van der Waals surface area contributed by atoms with E-state index in [2.05, 4.69) is 59.6 Å². The highest BCUT2D eigenvalue weighted by molar-refractivity contribution is 5.86. The van der Waals surface area contributed by atoms with Gasteiger partial charge in [-0.05, 0) is 71.0 Å². The lowest BCUT2D eigenvalue weighted by molar-refractivity contribution is -0.137. The molecule has 1 aliphatic heterocycles. The van der Waals surface area contributed by atoms with E-state index in [1.165, 1.54) is 32.4 Å². The number of aliphatic imine (C=N–C) groups is 1. The van der Waals surface area contributed by atoms with E-state index >= 15 is 0 Å². The van der Waals surface area contributed by atoms with Crippen molar-refractivity contribution in [3.05, 3.63) is 35.9 Å². The van der Waals surface area contributed by atoms with Crippen LogP contribution in [0.1, 0.15) is 60.3 Å². The number of esters is 1. The summed E-state index contributed by atoms with van der Waals surface area (Å²) in [5.41, 5.74) is 2.34. The molecule has 1 rings (SSSR count). The van der Waals surface area contributed by atoms with Crippen molar-refractivity contribution in [3.63, 3.8) is 0 Å². The monoisotopic (exact) mass is 461 g/mol. The number of nitrogens with one attached hydrogen (secondary N) is 1. The van der Waals surface area contributed by atoms with Crippen LogP contribution in [0.2, 0.25) is 0 Å². The van der Waals surface area contributed by atoms with Crippen LogP contribution in [0.15, 0.2) is 40.9 Å². The average Bonchev–Trinajstić information content (AvgIpc) is 3.06. The second-order valence-electron chi connectivity index (χ2n) is 7.47. The first-order chi connectivity index (χ1) is 15.9. The quantitative estimate of drug-likeness (QED) is 0.130. The molecule has 0 aromatic rings. The summed E-state index contributed by atoms with van der Waals surface area (Å²) in [4.78, 5) is 26.8. The Balaban J connectivity index is 0. The Hall–Kier alpha value is -2.85. The number of hydrogen-bond acceptors (Lipinski definition) is 6. The lowest BCUT2D eigenvalue weighted by atomic mass is 10.0. The molecule has 7 nitrogen and oxygen atoms in total. The summed E-state index contributed by atoms with van der Waals surface area (Å²) in [5.74, 6) is 1.40. The molecule has 0 aromatic carbocycles. The molecule has 7 heteroatoms. The molecule has 1 fully saturated rings. The van der Waals surface area contributed by atoms with Crippen LogP contribution in [0.25, 0.3) is 0 Å². The van der Waals surface area contributed by atoms with E-state index in [1.807, 2.05) is 13.0 Å². The minimum Gasteiger partial charge on any atom is -0.498 e. The number of rotatable bonds is 10. The molecule has 1 amide bonds. The number of carbonyl (C=O) groups is 2. The zero-order valence-electron chi connectivity index (χ0n) is 21.3. The fourth-order valence-electron chi connectivity index (χ4n) is 3.00. The van der Waals surface area contributed by atoms with Crippen LogP contribution in [0.4, 0.5) is 0 Å². The normalized spacial score (nSPS) is 17.6. The van der Waals surface area contributed by atoms with Crippen LogP contribution >= 0.6 is 0 Å². The molecule has 1 unspecified atom stereocenters. The Morgan fingerprint density at radius 1 is 1.21 bits per heavy atom. The minimum absolute atomic E-state index is 0.245. The van der Waals surface area contributed by atoms with Crippen molar-refractivity contribution in [3.8, 4) is 12.8 Å². The molecule has 0 aromatic heterocycles. The van der Waals surface area contributed by atoms with Crippen LogP contribution in [0.3, 0.4) is 0 Å². The Kier molecular flexibility index (Phi) is 21.9. The first-order valence-electron chi connectivity index (χ1n) is 11.3. The molecule has 186 valence electrons. The van der Waals surface area contributed by atoms with E-state index in [-0.39, 0.29) is 5.97 Å². The maximum atomic E-state index is 10.2. The summed E-state index contributed by atoms with van der Waals surface area (Å²) in [6.45, 7) is 13.6. The van der Waals surface area contributed by atoms with Crippen LogP contribution in [-0.2, 0) is 19.1 Å². The molecule has 0 bridgehead atoms. The van der Waals surface area contributed by atoms with Crippen LogP contribution in [0.5, 0.6) is 0 Å². The minimum atomic E-state index is -0.245. The van der Waals surface area contributed by atoms with Crippen molar-refractivity contribution in [2.75, 3.05) is 33.4 Å². The second kappa shape index (κ2) is 22.3. The molecule has 33 heavy (non-hydrogen) atoms. The number of amides is 1. The Bertz CT molecular complexity index is 678. The smallest absolute Gasteiger partial charge is 0.302 e. The summed E-state index contributed by atoms with van der Waals surface area (Å²) in [7, 11) is 1.35. The number of terminal acetylenes is 1. The summed E-state index contributed by atoms with van der Waals surface area (Å²) < 4.78 is 10.1. The second-order valence-corrected chi connectivity index (χ2v) is 7.47. The van der Waals surface area contributed by atoms with Crippen molar-refractivity contribution in [2.24, 2.45) is 10.9 Å². The first kappa shape index (κ1) is 32.3. The fourth-order valence-corrected chi connectivity index (χ4v) is 3.00. The number of carbonyl (C=O) groups excluding carboxylic acids is 2. The van der Waals surface area contributed by atoms with Gasteiger partial charge in [-0.15, -0.1) is 12.8 Å². The van der Waals surface area contributed by atoms with E-state index in [0.717, 1.165) is 50.6 Å². The van der Waals surface area contributed by atoms with E-state index in [4.69, 9.17) is 4.74 Å². The third-order valence-electron chi connectivity index (χ3n) is 5.05. The molecule has 0 spiro atoms. The molecule has 1 N–H and O–H groups in total. The third-order valence-corrected chi connectivity index (χ3v) is 5.05. The van der Waals surface area contributed by atoms with Crippen molar-refractivity contribution < 1.29 is 19.1 Å². The van der Waals surface area contributed by atoms with Crippen molar-refractivity contribution in [1.29, 1.82) is 0 Å². The van der Waals surface area contributed by atoms with E-state index in [9.17, 15) is 9.59 Å². The molecular formula is C26H43N3O4. The van der Waals surface area contributed by atoms with Gasteiger partial charge in [-0.25, -0.2) is 0 Å². The highest BCUT2D eigenvalue weighted by Crippen LogP contribution is 2.20. The molecule has 1 atom stereocenters. The number of hydrogen-bond donors (Lipinski definition) is 1. The topological polar surface area (TPSA) is 80.2 Å². The molecule has 0 radical (unpaired) electrons. The first-order valence-corrected chi connectivity index (χ1v) is 11.3. The summed E-state index contributed by atoms with van der Waals surface area (Å²) in [6.07, 6.45) is 20.5. The molecule has 1 aliphatic rings. The number of allylic oxidation sites excluding steroid dienone is 4. The van der Waals surface area contributed by atoms with Gasteiger partial charge in [-0.1, -0.05) is 19.1 Å². The van der Waals surface area contributed by atoms with E-state index < -0.39 is 0 Å². The maximum absolute atomic E-state index is 10.2. The predicted molar refractivity (Wildman–Crippen MR) is 137 cm³/mol. The molecule has 0 saturated carbocycles. The van der Waals surface area contributed by atoms with Gasteiger partial charge in [-0.2, -0.15) is 0 Å². The van der Waals surface area contributed by atoms with Gasteiger partial charge in [0.25, 0.3) is 0 Å². The van der Waals surface area contributed by atoms with Crippen LogP contribution < -0.4 is 5.32 Å². The van der Waals surface area contributed by atoms with Crippen LogP contribution in [-0.4, -0.2) is 56.3 Å². The zero-order valence-corrected chi connectivity index (χ0v) is 21.3. The summed E-state index contributed by atoms with van der Waals surface area (Å²) in [6, 6.07) is 0.